The first-order chi connectivity index (χ1) is 3.92. The van der Waals surface area contributed by atoms with E-state index in [1.54, 1.807) is 0 Å². The lowest BCUT2D eigenvalue weighted by atomic mass is 10.9. The van der Waals surface area contributed by atoms with E-state index in [1.165, 1.54) is 19.0 Å². The predicted molar refractivity (Wildman–Crippen MR) is 25.7 cm³/mol. The van der Waals surface area contributed by atoms with Crippen molar-refractivity contribution in [1.82, 2.24) is 4.90 Å². The Labute approximate surface area is 51.2 Å². The number of hydrogen-bond acceptors (Lipinski definition) is 2. The van der Waals surface area contributed by atoms with Gasteiger partial charge in [-0.25, -0.2) is 0 Å². The lowest BCUT2D eigenvalue weighted by Gasteiger charge is -2.11. The van der Waals surface area contributed by atoms with E-state index in [0.29, 0.717) is 0 Å². The SMILES string of the molecule is CN(C)COC(F)(F)F. The Morgan fingerprint density at radius 1 is 1.33 bits per heavy atom. The van der Waals surface area contributed by atoms with Gasteiger partial charge in [-0.15, -0.1) is 13.2 Å². The van der Waals surface area contributed by atoms with Gasteiger partial charge in [0.1, 0.15) is 6.73 Å². The average molecular weight is 143 g/mol. The average Bonchev–Trinajstić information content (AvgIpc) is 1.59. The molecular formula is C4H8F3NO. The van der Waals surface area contributed by atoms with Crippen LogP contribution in [-0.2, 0) is 4.74 Å². The monoisotopic (exact) mass is 143 g/mol. The fraction of sp³-hybridized carbons (Fsp3) is 1.00. The molecule has 0 aromatic heterocycles. The molecule has 0 radical (unpaired) electrons. The van der Waals surface area contributed by atoms with Crippen molar-refractivity contribution in [2.24, 2.45) is 0 Å². The zero-order valence-corrected chi connectivity index (χ0v) is 5.20. The minimum Gasteiger partial charge on any atom is -0.287 e. The summed E-state index contributed by atoms with van der Waals surface area (Å²) in [5.41, 5.74) is 0. The van der Waals surface area contributed by atoms with Crippen molar-refractivity contribution in [2.45, 2.75) is 6.36 Å². The molecule has 0 aliphatic rings. The topological polar surface area (TPSA) is 12.5 Å². The molecule has 0 saturated heterocycles. The Morgan fingerprint density at radius 2 is 1.78 bits per heavy atom. The molecule has 0 heterocycles. The summed E-state index contributed by atoms with van der Waals surface area (Å²) in [6, 6.07) is 0. The van der Waals surface area contributed by atoms with Crippen LogP contribution >= 0.6 is 0 Å². The quantitative estimate of drug-likeness (QED) is 0.535. The first-order valence-corrected chi connectivity index (χ1v) is 2.27. The maximum atomic E-state index is 11.2. The van der Waals surface area contributed by atoms with E-state index in [4.69, 9.17) is 0 Å². The highest BCUT2D eigenvalue weighted by Gasteiger charge is 2.28. The van der Waals surface area contributed by atoms with E-state index in [1.807, 2.05) is 0 Å². The zero-order valence-electron chi connectivity index (χ0n) is 5.20. The number of nitrogens with zero attached hydrogens (tertiary/aromatic N) is 1. The van der Waals surface area contributed by atoms with Gasteiger partial charge in [-0.1, -0.05) is 0 Å². The van der Waals surface area contributed by atoms with Gasteiger partial charge in [-0.3, -0.25) is 9.64 Å². The van der Waals surface area contributed by atoms with E-state index >= 15 is 0 Å². The number of alkyl halides is 3. The largest absolute Gasteiger partial charge is 0.523 e. The third-order valence-corrected chi connectivity index (χ3v) is 0.486. The van der Waals surface area contributed by atoms with Crippen molar-refractivity contribution in [3.8, 4) is 0 Å². The van der Waals surface area contributed by atoms with Crippen molar-refractivity contribution >= 4 is 0 Å². The van der Waals surface area contributed by atoms with Gasteiger partial charge < -0.3 is 0 Å². The highest BCUT2D eigenvalue weighted by atomic mass is 19.4. The standard InChI is InChI=1S/C4H8F3NO/c1-8(2)3-9-4(5,6)7/h3H2,1-2H3. The Bertz CT molecular complexity index is 80.4. The first-order valence-electron chi connectivity index (χ1n) is 2.27. The van der Waals surface area contributed by atoms with Crippen LogP contribution in [0.3, 0.4) is 0 Å². The Morgan fingerprint density at radius 3 is 1.89 bits per heavy atom. The summed E-state index contributed by atoms with van der Waals surface area (Å²) < 4.78 is 36.9. The van der Waals surface area contributed by atoms with Crippen molar-refractivity contribution in [2.75, 3.05) is 20.8 Å². The third-order valence-electron chi connectivity index (χ3n) is 0.486. The number of ether oxygens (including phenoxy) is 1. The summed E-state index contributed by atoms with van der Waals surface area (Å²) in [5.74, 6) is 0. The molecule has 0 spiro atoms. The molecular weight excluding hydrogens is 135 g/mol. The van der Waals surface area contributed by atoms with E-state index in [-0.39, 0.29) is 0 Å². The lowest BCUT2D eigenvalue weighted by molar-refractivity contribution is -0.334. The van der Waals surface area contributed by atoms with Gasteiger partial charge in [0.05, 0.1) is 0 Å². The van der Waals surface area contributed by atoms with E-state index in [9.17, 15) is 13.2 Å². The molecule has 0 aliphatic heterocycles. The van der Waals surface area contributed by atoms with Crippen molar-refractivity contribution in [3.05, 3.63) is 0 Å². The van der Waals surface area contributed by atoms with Crippen LogP contribution in [0.2, 0.25) is 0 Å². The smallest absolute Gasteiger partial charge is 0.287 e. The van der Waals surface area contributed by atoms with E-state index in [0.717, 1.165) is 0 Å². The summed E-state index contributed by atoms with van der Waals surface area (Å²) >= 11 is 0. The number of rotatable bonds is 2. The molecule has 0 rings (SSSR count). The summed E-state index contributed by atoms with van der Waals surface area (Å²) in [5, 5.41) is 0. The molecule has 9 heavy (non-hydrogen) atoms. The van der Waals surface area contributed by atoms with Crippen molar-refractivity contribution in [3.63, 3.8) is 0 Å². The van der Waals surface area contributed by atoms with Gasteiger partial charge in [-0.05, 0) is 14.1 Å². The zero-order chi connectivity index (χ0) is 7.49. The number of halogens is 3. The van der Waals surface area contributed by atoms with Crippen molar-refractivity contribution < 1.29 is 17.9 Å². The van der Waals surface area contributed by atoms with Crippen LogP contribution in [0.25, 0.3) is 0 Å². The molecule has 0 saturated carbocycles. The van der Waals surface area contributed by atoms with Gasteiger partial charge in [0.25, 0.3) is 0 Å². The maximum Gasteiger partial charge on any atom is 0.523 e. The lowest BCUT2D eigenvalue weighted by Crippen LogP contribution is -2.23. The van der Waals surface area contributed by atoms with Crippen LogP contribution in [0.5, 0.6) is 0 Å². The van der Waals surface area contributed by atoms with Crippen LogP contribution < -0.4 is 0 Å². The Hall–Kier alpha value is -0.290. The van der Waals surface area contributed by atoms with Crippen LogP contribution in [0.15, 0.2) is 0 Å². The molecule has 0 aromatic carbocycles. The molecule has 0 aromatic rings. The highest BCUT2D eigenvalue weighted by molar-refractivity contribution is 4.29. The summed E-state index contributed by atoms with van der Waals surface area (Å²) in [4.78, 5) is 1.29. The van der Waals surface area contributed by atoms with Crippen LogP contribution in [0.4, 0.5) is 13.2 Å². The highest BCUT2D eigenvalue weighted by Crippen LogP contribution is 2.15. The van der Waals surface area contributed by atoms with E-state index < -0.39 is 13.1 Å². The molecule has 0 unspecified atom stereocenters. The second-order valence-electron chi connectivity index (χ2n) is 1.80. The van der Waals surface area contributed by atoms with Gasteiger partial charge in [0.15, 0.2) is 0 Å². The Kier molecular flexibility index (Phi) is 2.93. The molecule has 0 aliphatic carbocycles. The molecule has 0 atom stereocenters. The fourth-order valence-electron chi connectivity index (χ4n) is 0.202. The maximum absolute atomic E-state index is 11.2. The molecule has 0 N–H and O–H groups in total. The second-order valence-corrected chi connectivity index (χ2v) is 1.80. The van der Waals surface area contributed by atoms with Gasteiger partial charge in [-0.2, -0.15) is 0 Å². The van der Waals surface area contributed by atoms with E-state index in [2.05, 4.69) is 4.74 Å². The van der Waals surface area contributed by atoms with Crippen LogP contribution in [0, 0.1) is 0 Å². The third kappa shape index (κ3) is 7.71. The molecule has 56 valence electrons. The first kappa shape index (κ1) is 8.71. The molecule has 0 amide bonds. The van der Waals surface area contributed by atoms with Gasteiger partial charge in [0.2, 0.25) is 0 Å². The normalized spacial score (nSPS) is 12.7. The summed E-state index contributed by atoms with van der Waals surface area (Å²) in [6.45, 7) is -0.427. The fourth-order valence-corrected chi connectivity index (χ4v) is 0.202. The van der Waals surface area contributed by atoms with Crippen LogP contribution in [-0.4, -0.2) is 32.1 Å². The van der Waals surface area contributed by atoms with Crippen LogP contribution in [0.1, 0.15) is 0 Å². The Balaban J connectivity index is 3.28. The second kappa shape index (κ2) is 3.03. The minimum absolute atomic E-state index is 0.427. The van der Waals surface area contributed by atoms with Gasteiger partial charge in [0, 0.05) is 0 Å². The summed E-state index contributed by atoms with van der Waals surface area (Å²) in [6.07, 6.45) is -4.51. The molecule has 5 heteroatoms. The molecule has 0 fully saturated rings. The summed E-state index contributed by atoms with van der Waals surface area (Å²) in [7, 11) is 2.98. The molecule has 2 nitrogen and oxygen atoms in total. The minimum atomic E-state index is -4.51. The molecule has 0 bridgehead atoms. The van der Waals surface area contributed by atoms with Crippen molar-refractivity contribution in [1.29, 1.82) is 0 Å². The predicted octanol–water partition coefficient (Wildman–Crippen LogP) is 1.04. The number of hydrogen-bond donors (Lipinski definition) is 0. The van der Waals surface area contributed by atoms with Gasteiger partial charge >= 0.3 is 6.36 Å².